The van der Waals surface area contributed by atoms with Gasteiger partial charge in [-0.1, -0.05) is 6.08 Å². The quantitative estimate of drug-likeness (QED) is 0.113. The van der Waals surface area contributed by atoms with Gasteiger partial charge in [-0.25, -0.2) is 0 Å². The van der Waals surface area contributed by atoms with Crippen LogP contribution < -0.4 is 15.9 Å². The number of benzene rings is 3. The molecular weight excluding hydrogens is 874 g/mol. The van der Waals surface area contributed by atoms with Crippen LogP contribution in [0, 0.1) is 16.2 Å². The SMILES string of the molecule is CC=C1COCC1=CC(C#Cc1ccc(-c2nnc(-c3ccc(/C=C/C)s3)nn2)s1)=C([C]#[Os])[P+](c1ccccc1)(c1ccccc1)c1ccccc1. The number of rotatable bonds is 8. The van der Waals surface area contributed by atoms with Gasteiger partial charge >= 0.3 is 273 Å². The van der Waals surface area contributed by atoms with E-state index in [-0.39, 0.29) is 0 Å². The van der Waals surface area contributed by atoms with E-state index in [0.29, 0.717) is 24.9 Å². The van der Waals surface area contributed by atoms with Crippen molar-refractivity contribution in [2.24, 2.45) is 0 Å². The molecule has 3 aromatic heterocycles. The zero-order chi connectivity index (χ0) is 35.8. The van der Waals surface area contributed by atoms with Crippen LogP contribution in [0.5, 0.6) is 0 Å². The second kappa shape index (κ2) is 16.8. The fourth-order valence-corrected chi connectivity index (χ4v) is 13.5. The van der Waals surface area contributed by atoms with Crippen molar-refractivity contribution in [3.8, 4) is 37.6 Å². The third-order valence-electron chi connectivity index (χ3n) is 8.50. The molecule has 5 nitrogen and oxygen atoms in total. The Bertz CT molecular complexity index is 2320. The van der Waals surface area contributed by atoms with E-state index in [1.165, 1.54) is 32.8 Å². The van der Waals surface area contributed by atoms with Crippen LogP contribution in [0.4, 0.5) is 0 Å². The van der Waals surface area contributed by atoms with Gasteiger partial charge in [-0.2, -0.15) is 0 Å². The van der Waals surface area contributed by atoms with Gasteiger partial charge in [0, 0.05) is 4.88 Å². The van der Waals surface area contributed by atoms with Crippen molar-refractivity contribution in [2.45, 2.75) is 13.8 Å². The second-order valence-corrected chi connectivity index (χ2v) is 17.8. The monoisotopic (exact) mass is 908 g/mol. The summed E-state index contributed by atoms with van der Waals surface area (Å²) >= 11 is 4.90. The molecule has 0 N–H and O–H groups in total. The molecule has 0 saturated carbocycles. The van der Waals surface area contributed by atoms with Gasteiger partial charge < -0.3 is 0 Å². The van der Waals surface area contributed by atoms with Gasteiger partial charge in [-0.05, 0) is 25.1 Å². The van der Waals surface area contributed by atoms with Crippen LogP contribution in [-0.2, 0) is 22.7 Å². The van der Waals surface area contributed by atoms with Crippen LogP contribution in [0.1, 0.15) is 23.6 Å². The zero-order valence-corrected chi connectivity index (χ0v) is 33.6. The van der Waals surface area contributed by atoms with Crippen molar-refractivity contribution in [3.63, 3.8) is 0 Å². The van der Waals surface area contributed by atoms with Crippen molar-refractivity contribution >= 4 is 51.9 Å². The summed E-state index contributed by atoms with van der Waals surface area (Å²) in [6.07, 6.45) is 8.43. The van der Waals surface area contributed by atoms with Crippen LogP contribution in [0.2, 0.25) is 0 Å². The Morgan fingerprint density at radius 3 is 1.77 bits per heavy atom. The Labute approximate surface area is 323 Å². The Kier molecular flexibility index (Phi) is 11.5. The Morgan fingerprint density at radius 1 is 0.692 bits per heavy atom. The molecule has 6 aromatic rings. The number of nitrogens with zero attached hydrogens (tertiary/aromatic N) is 4. The van der Waals surface area contributed by atoms with E-state index in [9.17, 15) is 0 Å². The van der Waals surface area contributed by atoms with Crippen LogP contribution in [0.15, 0.2) is 156 Å². The normalized spacial score (nSPS) is 15.0. The molecule has 0 atom stereocenters. The third kappa shape index (κ3) is 7.45. The maximum atomic E-state index is 5.94. The third-order valence-corrected chi connectivity index (χ3v) is 15.9. The summed E-state index contributed by atoms with van der Waals surface area (Å²) in [6.45, 7) is 5.20. The molecule has 7 rings (SSSR count). The average Bonchev–Trinajstić information content (AvgIpc) is 3.99. The minimum atomic E-state index is -2.47. The number of thiophene rings is 2. The molecule has 4 heterocycles. The minimum absolute atomic E-state index is 0.477. The fourth-order valence-electron chi connectivity index (χ4n) is 6.08. The summed E-state index contributed by atoms with van der Waals surface area (Å²) in [6, 6.07) is 40.6. The molecule has 0 amide bonds. The molecule has 1 aliphatic rings. The molecule has 255 valence electrons. The van der Waals surface area contributed by atoms with Gasteiger partial charge in [0.15, 0.2) is 0 Å². The number of aromatic nitrogens is 4. The van der Waals surface area contributed by atoms with Gasteiger partial charge in [0.1, 0.15) is 0 Å². The van der Waals surface area contributed by atoms with Crippen LogP contribution in [0.25, 0.3) is 27.5 Å². The van der Waals surface area contributed by atoms with Crippen LogP contribution >= 0.6 is 29.9 Å². The van der Waals surface area contributed by atoms with Crippen molar-refractivity contribution in [1.82, 2.24) is 20.4 Å². The Balaban J connectivity index is 1.37. The Morgan fingerprint density at radius 2 is 1.23 bits per heavy atom. The van der Waals surface area contributed by atoms with E-state index in [0.717, 1.165) is 36.0 Å². The van der Waals surface area contributed by atoms with Crippen molar-refractivity contribution in [1.29, 1.82) is 0 Å². The van der Waals surface area contributed by atoms with E-state index in [2.05, 4.69) is 153 Å². The van der Waals surface area contributed by atoms with Gasteiger partial charge in [0.2, 0.25) is 0 Å². The first-order chi connectivity index (χ1) is 25.6. The van der Waals surface area contributed by atoms with E-state index in [1.54, 1.807) is 29.3 Å². The van der Waals surface area contributed by atoms with Crippen molar-refractivity contribution in [3.05, 3.63) is 165 Å². The summed E-state index contributed by atoms with van der Waals surface area (Å²) in [7, 11) is -2.47. The summed E-state index contributed by atoms with van der Waals surface area (Å²) in [4.78, 5) is 3.82. The molecular formula is C43H33N4OOsPS2+. The van der Waals surface area contributed by atoms with E-state index in [1.807, 2.05) is 37.3 Å². The van der Waals surface area contributed by atoms with Crippen molar-refractivity contribution in [2.75, 3.05) is 13.2 Å². The maximum absolute atomic E-state index is 5.94. The molecule has 1 aliphatic heterocycles. The molecule has 52 heavy (non-hydrogen) atoms. The molecule has 0 spiro atoms. The standard InChI is InChI=1S/C43H33N4OPS2.Os/c1-4-15-38-24-26-40(50-38)42-44-46-43(47-45-42)41-27-25-39(51-41)23-22-33(28-34-30-48-29-32(34)5-2)31(3)49(35-16-9-6-10-17-35,36-18-11-7-12-19-36)37-20-13-8-14-21-37;/h4-21,24-28H,29-30H2,1-2H3;/q+1;/b15-4+,32-5?,33-31?,34-28?;. The summed E-state index contributed by atoms with van der Waals surface area (Å²) in [5.74, 6) is 8.17. The van der Waals surface area contributed by atoms with Crippen LogP contribution in [-0.4, -0.2) is 33.6 Å². The van der Waals surface area contributed by atoms with E-state index in [4.69, 9.17) is 4.74 Å². The number of ether oxygens (including phenoxy) is 1. The second-order valence-electron chi connectivity index (χ2n) is 11.7. The van der Waals surface area contributed by atoms with Crippen molar-refractivity contribution < 1.29 is 22.7 Å². The Hall–Kier alpha value is -4.67. The molecule has 3 aromatic carbocycles. The topological polar surface area (TPSA) is 60.8 Å². The zero-order valence-electron chi connectivity index (χ0n) is 28.5. The molecule has 0 aliphatic carbocycles. The number of hydrogen-bond donors (Lipinski definition) is 0. The summed E-state index contributed by atoms with van der Waals surface area (Å²) < 4.78 is 9.69. The number of allylic oxidation sites excluding steroid dienone is 5. The molecule has 0 radical (unpaired) electrons. The van der Waals surface area contributed by atoms with Gasteiger partial charge in [0.25, 0.3) is 0 Å². The molecule has 0 unspecified atom stereocenters. The average molecular weight is 907 g/mol. The molecule has 9 heteroatoms. The predicted molar refractivity (Wildman–Crippen MR) is 215 cm³/mol. The summed E-state index contributed by atoms with van der Waals surface area (Å²) in [5.41, 5.74) is 3.24. The van der Waals surface area contributed by atoms with Gasteiger partial charge in [-0.15, -0.1) is 11.3 Å². The fraction of sp³-hybridized carbons (Fsp3) is 0.0930. The molecule has 1 fully saturated rings. The molecule has 1 saturated heterocycles. The van der Waals surface area contributed by atoms with Crippen LogP contribution in [0.3, 0.4) is 0 Å². The first-order valence-electron chi connectivity index (χ1n) is 16.7. The first kappa shape index (κ1) is 35.7. The molecule has 0 bridgehead atoms. The summed E-state index contributed by atoms with van der Waals surface area (Å²) in [5, 5.41) is 22.5. The van der Waals surface area contributed by atoms with E-state index < -0.39 is 7.26 Å². The first-order valence-corrected chi connectivity index (χ1v) is 21.4. The van der Waals surface area contributed by atoms with E-state index >= 15 is 0 Å². The predicted octanol–water partition coefficient (Wildman–Crippen LogP) is 8.77. The number of hydrogen-bond acceptors (Lipinski definition) is 7. The van der Waals surface area contributed by atoms with Gasteiger partial charge in [-0.3, -0.25) is 0 Å². The van der Waals surface area contributed by atoms with Gasteiger partial charge in [0.05, 0.1) is 4.88 Å².